The summed E-state index contributed by atoms with van der Waals surface area (Å²) in [7, 11) is 0. The molecule has 0 heterocycles. The fourth-order valence-corrected chi connectivity index (χ4v) is 3.33. The number of carboxylic acids is 1. The second-order valence-electron chi connectivity index (χ2n) is 7.11. The van der Waals surface area contributed by atoms with Crippen molar-refractivity contribution in [1.29, 1.82) is 0 Å². The van der Waals surface area contributed by atoms with E-state index in [1.165, 1.54) is 5.56 Å². The molecular weight excluding hydrogens is 288 g/mol. The van der Waals surface area contributed by atoms with Gasteiger partial charge in [-0.3, -0.25) is 9.59 Å². The lowest BCUT2D eigenvalue weighted by Gasteiger charge is -2.14. The number of carboxylic acid groups (broad SMARTS) is 1. The minimum absolute atomic E-state index is 0.177. The number of carbonyl (C=O) groups excluding carboxylic acids is 1. The molecule has 1 unspecified atom stereocenters. The lowest BCUT2D eigenvalue weighted by Crippen LogP contribution is -2.16. The quantitative estimate of drug-likeness (QED) is 0.509. The smallest absolute Gasteiger partial charge is 0.306 e. The zero-order chi connectivity index (χ0) is 17.6. The maximum atomic E-state index is 12.4. The molecule has 0 aliphatic heterocycles. The highest BCUT2D eigenvalue weighted by atomic mass is 16.4. The van der Waals surface area contributed by atoms with Crippen molar-refractivity contribution in [2.75, 3.05) is 0 Å². The Hall–Kier alpha value is -1.64. The molecule has 0 aromatic heterocycles. The molecule has 1 aromatic carbocycles. The van der Waals surface area contributed by atoms with E-state index in [1.807, 2.05) is 46.8 Å². The van der Waals surface area contributed by atoms with E-state index in [-0.39, 0.29) is 11.7 Å². The van der Waals surface area contributed by atoms with Crippen molar-refractivity contribution in [2.45, 2.75) is 66.7 Å². The van der Waals surface area contributed by atoms with Crippen molar-refractivity contribution in [1.82, 2.24) is 0 Å². The fraction of sp³-hybridized carbons (Fsp3) is 0.600. The summed E-state index contributed by atoms with van der Waals surface area (Å²) in [4.78, 5) is 23.7. The lowest BCUT2D eigenvalue weighted by molar-refractivity contribution is -0.142. The molecule has 1 rings (SSSR count). The van der Waals surface area contributed by atoms with Gasteiger partial charge in [-0.25, -0.2) is 0 Å². The Kier molecular flexibility index (Phi) is 7.47. The zero-order valence-electron chi connectivity index (χ0n) is 15.1. The number of Topliss-reactive ketones (excluding diaryl/α,β-unsaturated/α-hetero) is 1. The summed E-state index contributed by atoms with van der Waals surface area (Å²) < 4.78 is 0. The summed E-state index contributed by atoms with van der Waals surface area (Å²) in [5.41, 5.74) is 4.09. The van der Waals surface area contributed by atoms with E-state index in [0.29, 0.717) is 25.2 Å². The first-order valence-corrected chi connectivity index (χ1v) is 8.56. The summed E-state index contributed by atoms with van der Waals surface area (Å²) in [6.07, 6.45) is 3.41. The van der Waals surface area contributed by atoms with Crippen LogP contribution in [0.1, 0.15) is 73.0 Å². The number of rotatable bonds is 9. The summed E-state index contributed by atoms with van der Waals surface area (Å²) in [5, 5.41) is 9.24. The number of benzene rings is 1. The monoisotopic (exact) mass is 318 g/mol. The van der Waals surface area contributed by atoms with E-state index in [1.54, 1.807) is 0 Å². The van der Waals surface area contributed by atoms with Crippen LogP contribution >= 0.6 is 0 Å². The van der Waals surface area contributed by atoms with Crippen molar-refractivity contribution >= 4 is 11.8 Å². The average molecular weight is 318 g/mol. The van der Waals surface area contributed by atoms with Crippen LogP contribution < -0.4 is 0 Å². The van der Waals surface area contributed by atoms with Crippen molar-refractivity contribution in [3.63, 3.8) is 0 Å². The minimum atomic E-state index is -0.713. The maximum Gasteiger partial charge on any atom is 0.306 e. The van der Waals surface area contributed by atoms with Crippen molar-refractivity contribution < 1.29 is 14.7 Å². The van der Waals surface area contributed by atoms with Gasteiger partial charge in [0.25, 0.3) is 0 Å². The van der Waals surface area contributed by atoms with Gasteiger partial charge in [0.15, 0.2) is 5.78 Å². The molecule has 1 aromatic rings. The van der Waals surface area contributed by atoms with E-state index in [9.17, 15) is 14.7 Å². The van der Waals surface area contributed by atoms with Crippen LogP contribution in [0.3, 0.4) is 0 Å². The van der Waals surface area contributed by atoms with Crippen LogP contribution in [0.2, 0.25) is 0 Å². The first kappa shape index (κ1) is 19.4. The third-order valence-corrected chi connectivity index (χ3v) is 4.27. The van der Waals surface area contributed by atoms with E-state index < -0.39 is 5.97 Å². The number of hydrogen-bond acceptors (Lipinski definition) is 2. The molecular formula is C20H30O3. The van der Waals surface area contributed by atoms with Crippen LogP contribution in [-0.4, -0.2) is 16.9 Å². The molecule has 1 atom stereocenters. The van der Waals surface area contributed by atoms with E-state index in [2.05, 4.69) is 0 Å². The predicted molar refractivity (Wildman–Crippen MR) is 94.0 cm³/mol. The standard InChI is InChI=1S/C20H30O3/c1-13(2)10-17(20(22)23)8-6-7-9-18(21)19-15(4)11-14(3)12-16(19)5/h11-13,17H,6-10H2,1-5H3,(H,22,23). The Morgan fingerprint density at radius 1 is 1.04 bits per heavy atom. The Morgan fingerprint density at radius 2 is 1.61 bits per heavy atom. The average Bonchev–Trinajstić information content (AvgIpc) is 2.40. The second kappa shape index (κ2) is 8.85. The first-order chi connectivity index (χ1) is 10.7. The van der Waals surface area contributed by atoms with Crippen LogP contribution in [0.5, 0.6) is 0 Å². The molecule has 1 N–H and O–H groups in total. The summed E-state index contributed by atoms with van der Waals surface area (Å²) >= 11 is 0. The lowest BCUT2D eigenvalue weighted by atomic mass is 9.90. The molecule has 23 heavy (non-hydrogen) atoms. The Morgan fingerprint density at radius 3 is 2.09 bits per heavy atom. The molecule has 0 spiro atoms. The maximum absolute atomic E-state index is 12.4. The van der Waals surface area contributed by atoms with Gasteiger partial charge in [0.05, 0.1) is 5.92 Å². The van der Waals surface area contributed by atoms with Crippen LogP contribution in [0.25, 0.3) is 0 Å². The summed E-state index contributed by atoms with van der Waals surface area (Å²) in [6, 6.07) is 4.09. The van der Waals surface area contributed by atoms with Crippen molar-refractivity contribution in [2.24, 2.45) is 11.8 Å². The highest BCUT2D eigenvalue weighted by Gasteiger charge is 2.19. The van der Waals surface area contributed by atoms with E-state index in [4.69, 9.17) is 0 Å². The molecule has 128 valence electrons. The number of carbonyl (C=O) groups is 2. The summed E-state index contributed by atoms with van der Waals surface area (Å²) in [6.45, 7) is 10.1. The third-order valence-electron chi connectivity index (χ3n) is 4.27. The topological polar surface area (TPSA) is 54.4 Å². The highest BCUT2D eigenvalue weighted by molar-refractivity contribution is 5.98. The van der Waals surface area contributed by atoms with E-state index >= 15 is 0 Å². The molecule has 0 aliphatic rings. The van der Waals surface area contributed by atoms with Gasteiger partial charge in [-0.15, -0.1) is 0 Å². The van der Waals surface area contributed by atoms with Crippen molar-refractivity contribution in [3.8, 4) is 0 Å². The van der Waals surface area contributed by atoms with Crippen LogP contribution in [0.4, 0.5) is 0 Å². The molecule has 0 radical (unpaired) electrons. The SMILES string of the molecule is Cc1cc(C)c(C(=O)CCCCC(CC(C)C)C(=O)O)c(C)c1. The number of aryl methyl sites for hydroxylation is 3. The molecule has 0 aliphatic carbocycles. The van der Waals surface area contributed by atoms with Crippen molar-refractivity contribution in [3.05, 3.63) is 34.4 Å². The Bertz CT molecular complexity index is 535. The Labute approximate surface area is 140 Å². The van der Waals surface area contributed by atoms with Gasteiger partial charge in [-0.2, -0.15) is 0 Å². The molecule has 0 fully saturated rings. The highest BCUT2D eigenvalue weighted by Crippen LogP contribution is 2.22. The van der Waals surface area contributed by atoms with Crippen LogP contribution in [-0.2, 0) is 4.79 Å². The van der Waals surface area contributed by atoms with Gasteiger partial charge in [-0.1, -0.05) is 38.0 Å². The van der Waals surface area contributed by atoms with Crippen LogP contribution in [0.15, 0.2) is 12.1 Å². The molecule has 0 saturated heterocycles. The summed E-state index contributed by atoms with van der Waals surface area (Å²) in [5.74, 6) is -0.436. The van der Waals surface area contributed by atoms with Gasteiger partial charge in [0.2, 0.25) is 0 Å². The van der Waals surface area contributed by atoms with Gasteiger partial charge in [0.1, 0.15) is 0 Å². The number of unbranched alkanes of at least 4 members (excludes halogenated alkanes) is 1. The third kappa shape index (κ3) is 6.17. The van der Waals surface area contributed by atoms with Gasteiger partial charge < -0.3 is 5.11 Å². The van der Waals surface area contributed by atoms with Crippen LogP contribution in [0, 0.1) is 32.6 Å². The van der Waals surface area contributed by atoms with E-state index in [0.717, 1.165) is 29.5 Å². The fourth-order valence-electron chi connectivity index (χ4n) is 3.33. The predicted octanol–water partition coefficient (Wildman–Crippen LogP) is 5.10. The molecule has 0 bridgehead atoms. The second-order valence-corrected chi connectivity index (χ2v) is 7.11. The number of ketones is 1. The minimum Gasteiger partial charge on any atom is -0.481 e. The van der Waals surface area contributed by atoms with Gasteiger partial charge >= 0.3 is 5.97 Å². The molecule has 0 amide bonds. The van der Waals surface area contributed by atoms with Gasteiger partial charge in [-0.05, 0) is 57.1 Å². The molecule has 3 heteroatoms. The Balaban J connectivity index is 2.53. The number of aliphatic carboxylic acids is 1. The molecule has 3 nitrogen and oxygen atoms in total. The normalized spacial score (nSPS) is 12.4. The largest absolute Gasteiger partial charge is 0.481 e. The first-order valence-electron chi connectivity index (χ1n) is 8.56. The number of hydrogen-bond donors (Lipinski definition) is 1. The molecule has 0 saturated carbocycles. The zero-order valence-corrected chi connectivity index (χ0v) is 15.1. The van der Waals surface area contributed by atoms with Gasteiger partial charge in [0, 0.05) is 12.0 Å².